The van der Waals surface area contributed by atoms with Gasteiger partial charge in [-0.3, -0.25) is 4.90 Å². The second-order valence-corrected chi connectivity index (χ2v) is 9.16. The number of rotatable bonds is 4. The number of hydrogen-bond donors (Lipinski definition) is 3. The number of aryl methyl sites for hydroxylation is 1. The van der Waals surface area contributed by atoms with Crippen molar-refractivity contribution in [3.8, 4) is 22.5 Å². The van der Waals surface area contributed by atoms with Gasteiger partial charge in [-0.15, -0.1) is 0 Å². The van der Waals surface area contributed by atoms with E-state index in [4.69, 9.17) is 14.9 Å². The van der Waals surface area contributed by atoms with Crippen molar-refractivity contribution in [2.75, 3.05) is 13.1 Å². The topological polar surface area (TPSA) is 89.5 Å². The van der Waals surface area contributed by atoms with Crippen LogP contribution in [-0.4, -0.2) is 56.4 Å². The van der Waals surface area contributed by atoms with Gasteiger partial charge in [-0.25, -0.2) is 9.78 Å². The zero-order valence-corrected chi connectivity index (χ0v) is 20.3. The molecule has 9 heteroatoms. The van der Waals surface area contributed by atoms with Crippen LogP contribution in [0.25, 0.3) is 33.5 Å². The molecule has 0 amide bonds. The molecule has 0 aliphatic carbocycles. The molecule has 1 aliphatic rings. The predicted octanol–water partition coefficient (Wildman–Crippen LogP) is 5.80. The second kappa shape index (κ2) is 11.1. The lowest BCUT2D eigenvalue weighted by Gasteiger charge is -2.30. The van der Waals surface area contributed by atoms with Crippen molar-refractivity contribution in [1.29, 1.82) is 0 Å². The van der Waals surface area contributed by atoms with Crippen LogP contribution in [0.2, 0.25) is 0 Å². The number of alkyl halides is 3. The summed E-state index contributed by atoms with van der Waals surface area (Å²) in [6, 6.07) is 23.6. The van der Waals surface area contributed by atoms with Gasteiger partial charge < -0.3 is 15.2 Å². The van der Waals surface area contributed by atoms with Gasteiger partial charge in [-0.2, -0.15) is 13.2 Å². The van der Waals surface area contributed by atoms with Crippen LogP contribution in [0.1, 0.15) is 24.0 Å². The Morgan fingerprint density at radius 1 is 1.03 bits per heavy atom. The molecular weight excluding hydrogens is 483 g/mol. The van der Waals surface area contributed by atoms with Gasteiger partial charge in [0.1, 0.15) is 5.82 Å². The molecule has 0 saturated carbocycles. The third kappa shape index (κ3) is 6.75. The van der Waals surface area contributed by atoms with Gasteiger partial charge >= 0.3 is 12.1 Å². The van der Waals surface area contributed by atoms with E-state index < -0.39 is 12.1 Å². The third-order valence-corrected chi connectivity index (χ3v) is 6.29. The van der Waals surface area contributed by atoms with Crippen LogP contribution >= 0.6 is 0 Å². The Hall–Kier alpha value is -3.69. The number of hydrogen-bond acceptors (Lipinski definition) is 4. The SMILES string of the molecule is Cc1cccc2[nH]c(-c3ccc(-c4ccc(CN5CCCC(O)C5)cc4)cc3)nc12.O=C(O)C(F)(F)F. The minimum absolute atomic E-state index is 0.174. The van der Waals surface area contributed by atoms with E-state index in [2.05, 4.69) is 83.5 Å². The number of carboxylic acids is 1. The van der Waals surface area contributed by atoms with Gasteiger partial charge in [0.15, 0.2) is 0 Å². The van der Waals surface area contributed by atoms with Crippen LogP contribution in [0.15, 0.2) is 66.7 Å². The lowest BCUT2D eigenvalue weighted by Crippen LogP contribution is -2.37. The smallest absolute Gasteiger partial charge is 0.475 e. The number of carbonyl (C=O) groups is 1. The first-order valence-corrected chi connectivity index (χ1v) is 12.0. The van der Waals surface area contributed by atoms with Crippen molar-refractivity contribution in [2.45, 2.75) is 38.6 Å². The first-order valence-electron chi connectivity index (χ1n) is 12.0. The molecule has 1 saturated heterocycles. The van der Waals surface area contributed by atoms with E-state index in [1.54, 1.807) is 0 Å². The summed E-state index contributed by atoms with van der Waals surface area (Å²) in [6.07, 6.45) is -3.25. The number of aromatic amines is 1. The Morgan fingerprint density at radius 3 is 2.19 bits per heavy atom. The lowest BCUT2D eigenvalue weighted by molar-refractivity contribution is -0.192. The van der Waals surface area contributed by atoms with Gasteiger partial charge in [0.25, 0.3) is 0 Å². The van der Waals surface area contributed by atoms with Crippen LogP contribution < -0.4 is 0 Å². The van der Waals surface area contributed by atoms with Gasteiger partial charge in [0, 0.05) is 18.7 Å². The largest absolute Gasteiger partial charge is 0.490 e. The minimum Gasteiger partial charge on any atom is -0.475 e. The highest BCUT2D eigenvalue weighted by Crippen LogP contribution is 2.26. The summed E-state index contributed by atoms with van der Waals surface area (Å²) in [5.74, 6) is -1.85. The number of para-hydroxylation sites is 1. The Bertz CT molecular complexity index is 1350. The maximum absolute atomic E-state index is 10.6. The van der Waals surface area contributed by atoms with Crippen molar-refractivity contribution in [1.82, 2.24) is 14.9 Å². The van der Waals surface area contributed by atoms with Crippen LogP contribution in [0.4, 0.5) is 13.2 Å². The average Bonchev–Trinajstić information content (AvgIpc) is 3.30. The molecule has 0 bridgehead atoms. The number of H-pyrrole nitrogens is 1. The Balaban J connectivity index is 0.000000405. The Kier molecular flexibility index (Phi) is 7.94. The van der Waals surface area contributed by atoms with Crippen molar-refractivity contribution in [3.63, 3.8) is 0 Å². The van der Waals surface area contributed by atoms with Gasteiger partial charge in [0.05, 0.1) is 17.1 Å². The monoisotopic (exact) mass is 511 g/mol. The maximum Gasteiger partial charge on any atom is 0.490 e. The normalized spacial score (nSPS) is 16.3. The van der Waals surface area contributed by atoms with Crippen LogP contribution in [-0.2, 0) is 11.3 Å². The van der Waals surface area contributed by atoms with E-state index in [0.717, 1.165) is 54.9 Å². The number of aliphatic carboxylic acids is 1. The molecule has 6 nitrogen and oxygen atoms in total. The molecule has 3 aromatic carbocycles. The standard InChI is InChI=1S/C26H27N3O.C2HF3O2/c1-18-4-2-6-24-25(18)28-26(27-24)22-13-11-21(12-14-22)20-9-7-19(8-10-20)16-29-15-3-5-23(30)17-29;3-2(4,5)1(6)7/h2,4,6-14,23,30H,3,5,15-17H2,1H3,(H,27,28);(H,6,7). The summed E-state index contributed by atoms with van der Waals surface area (Å²) >= 11 is 0. The number of imidazole rings is 1. The summed E-state index contributed by atoms with van der Waals surface area (Å²) in [4.78, 5) is 19.4. The number of aliphatic hydroxyl groups excluding tert-OH is 1. The van der Waals surface area contributed by atoms with Gasteiger partial charge in [0.2, 0.25) is 0 Å². The molecule has 0 radical (unpaired) electrons. The highest BCUT2D eigenvalue weighted by Gasteiger charge is 2.38. The average molecular weight is 512 g/mol. The maximum atomic E-state index is 10.6. The fourth-order valence-electron chi connectivity index (χ4n) is 4.37. The number of nitrogens with zero attached hydrogens (tertiary/aromatic N) is 2. The molecule has 37 heavy (non-hydrogen) atoms. The number of aromatic nitrogens is 2. The number of likely N-dealkylation sites (tertiary alicyclic amines) is 1. The Labute approximate surface area is 212 Å². The van der Waals surface area contributed by atoms with Crippen molar-refractivity contribution in [2.24, 2.45) is 0 Å². The molecule has 2 heterocycles. The molecule has 1 atom stereocenters. The highest BCUT2D eigenvalue weighted by atomic mass is 19.4. The summed E-state index contributed by atoms with van der Waals surface area (Å²) in [6.45, 7) is 4.85. The second-order valence-electron chi connectivity index (χ2n) is 9.16. The van der Waals surface area contributed by atoms with Crippen LogP contribution in [0.5, 0.6) is 0 Å². The lowest BCUT2D eigenvalue weighted by atomic mass is 10.0. The zero-order chi connectivity index (χ0) is 26.6. The molecule has 5 rings (SSSR count). The molecule has 0 spiro atoms. The van der Waals surface area contributed by atoms with E-state index in [1.165, 1.54) is 22.3 Å². The van der Waals surface area contributed by atoms with Gasteiger partial charge in [-0.05, 0) is 54.6 Å². The minimum atomic E-state index is -5.08. The number of nitrogens with one attached hydrogen (secondary N) is 1. The first kappa shape index (κ1) is 26.4. The number of fused-ring (bicyclic) bond motifs is 1. The van der Waals surface area contributed by atoms with Crippen molar-refractivity contribution < 1.29 is 28.2 Å². The molecule has 4 aromatic rings. The third-order valence-electron chi connectivity index (χ3n) is 6.29. The highest BCUT2D eigenvalue weighted by molar-refractivity contribution is 5.82. The molecule has 1 aliphatic heterocycles. The fraction of sp³-hybridized carbons (Fsp3) is 0.286. The van der Waals surface area contributed by atoms with Crippen LogP contribution in [0.3, 0.4) is 0 Å². The van der Waals surface area contributed by atoms with Crippen LogP contribution in [0, 0.1) is 6.92 Å². The molecule has 194 valence electrons. The number of aliphatic hydroxyl groups is 1. The first-order chi connectivity index (χ1) is 17.6. The summed E-state index contributed by atoms with van der Waals surface area (Å²) in [5, 5.41) is 17.0. The summed E-state index contributed by atoms with van der Waals surface area (Å²) in [7, 11) is 0. The Morgan fingerprint density at radius 2 is 1.62 bits per heavy atom. The summed E-state index contributed by atoms with van der Waals surface area (Å²) in [5.41, 5.74) is 8.09. The summed E-state index contributed by atoms with van der Waals surface area (Å²) < 4.78 is 31.7. The molecule has 1 unspecified atom stereocenters. The quantitative estimate of drug-likeness (QED) is 0.323. The fourth-order valence-corrected chi connectivity index (χ4v) is 4.37. The number of benzene rings is 3. The van der Waals surface area contributed by atoms with E-state index in [1.807, 2.05) is 0 Å². The zero-order valence-electron chi connectivity index (χ0n) is 20.3. The molecule has 1 fully saturated rings. The van der Waals surface area contributed by atoms with E-state index >= 15 is 0 Å². The molecule has 3 N–H and O–H groups in total. The molecular formula is C28H28F3N3O3. The number of β-amino-alcohol motifs (C(OH)–C–C–N with tert-alkyl or cyclic N) is 1. The number of carboxylic acid groups (broad SMARTS) is 1. The van der Waals surface area contributed by atoms with E-state index in [9.17, 15) is 18.3 Å². The van der Waals surface area contributed by atoms with Gasteiger partial charge in [-0.1, -0.05) is 60.7 Å². The predicted molar refractivity (Wildman–Crippen MR) is 136 cm³/mol. The van der Waals surface area contributed by atoms with Crippen molar-refractivity contribution >= 4 is 17.0 Å². The molecule has 1 aromatic heterocycles. The van der Waals surface area contributed by atoms with Crippen molar-refractivity contribution in [3.05, 3.63) is 77.9 Å². The van der Waals surface area contributed by atoms with E-state index in [-0.39, 0.29) is 6.10 Å². The number of halogens is 3. The number of piperidine rings is 1. The van der Waals surface area contributed by atoms with E-state index in [0.29, 0.717) is 0 Å².